The molecule has 0 aliphatic carbocycles. The van der Waals surface area contributed by atoms with Crippen LogP contribution in [0.2, 0.25) is 0 Å². The zero-order valence-electron chi connectivity index (χ0n) is 44.2. The van der Waals surface area contributed by atoms with Gasteiger partial charge >= 0.3 is 31.1 Å². The van der Waals surface area contributed by atoms with Crippen LogP contribution in [0.25, 0.3) is 11.3 Å². The molecule has 17 nitrogen and oxygen atoms in total. The lowest BCUT2D eigenvalue weighted by atomic mass is 9.82. The highest BCUT2D eigenvalue weighted by atomic mass is 19.4. The number of nitrogens with zero attached hydrogens (tertiary/aromatic N) is 6. The Kier molecular flexibility index (Phi) is 19.9. The molecule has 0 saturated carbocycles. The Hall–Kier alpha value is -7.32. The summed E-state index contributed by atoms with van der Waals surface area (Å²) < 4.78 is 181. The Morgan fingerprint density at radius 1 is 0.765 bits per heavy atom. The van der Waals surface area contributed by atoms with E-state index in [1.165, 1.54) is 30.5 Å². The van der Waals surface area contributed by atoms with Crippen LogP contribution in [0, 0.1) is 34.3 Å². The maximum absolute atomic E-state index is 16.0. The summed E-state index contributed by atoms with van der Waals surface area (Å²) >= 11 is 0. The van der Waals surface area contributed by atoms with Gasteiger partial charge in [-0.1, -0.05) is 24.0 Å². The van der Waals surface area contributed by atoms with E-state index in [9.17, 15) is 68.2 Å². The first kappa shape index (κ1) is 62.9. The molecular formula is C52H58F12N10O7. The molecule has 4 aromatic rings. The van der Waals surface area contributed by atoms with Crippen LogP contribution in [0.5, 0.6) is 0 Å². The van der Waals surface area contributed by atoms with Crippen LogP contribution in [-0.4, -0.2) is 149 Å². The summed E-state index contributed by atoms with van der Waals surface area (Å²) in [7, 11) is 1.57. The van der Waals surface area contributed by atoms with Crippen LogP contribution in [0.15, 0.2) is 67.0 Å². The molecular weight excluding hydrogens is 1100 g/mol. The molecule has 442 valence electrons. The van der Waals surface area contributed by atoms with Crippen molar-refractivity contribution in [2.24, 2.45) is 10.8 Å². The maximum atomic E-state index is 16.0. The third kappa shape index (κ3) is 15.4. The predicted octanol–water partition coefficient (Wildman–Crippen LogP) is 7.48. The smallest absolute Gasteiger partial charge is 0.407 e. The summed E-state index contributed by atoms with van der Waals surface area (Å²) in [4.78, 5) is 61.2. The number of benzene rings is 2. The van der Waals surface area contributed by atoms with E-state index in [1.54, 1.807) is 17.4 Å². The van der Waals surface area contributed by atoms with Crippen LogP contribution >= 0.6 is 0 Å². The molecule has 2 aliphatic rings. The van der Waals surface area contributed by atoms with Crippen LogP contribution in [-0.2, 0) is 32.0 Å². The molecule has 4 amide bonds. The van der Waals surface area contributed by atoms with Crippen molar-refractivity contribution in [3.05, 3.63) is 101 Å². The number of methoxy groups -OCH3 is 2. The molecule has 0 radical (unpaired) electrons. The number of anilines is 1. The Bertz CT molecular complexity index is 2880. The highest BCUT2D eigenvalue weighted by Gasteiger charge is 2.57. The number of alkyl halides is 10. The fourth-order valence-corrected chi connectivity index (χ4v) is 9.20. The number of hydrogen-bond donors (Lipinski definition) is 5. The van der Waals surface area contributed by atoms with Crippen molar-refractivity contribution in [1.82, 2.24) is 46.0 Å². The maximum Gasteiger partial charge on any atom is 0.407 e. The molecule has 2 aliphatic heterocycles. The van der Waals surface area contributed by atoms with E-state index in [4.69, 9.17) is 0 Å². The Morgan fingerprint density at radius 2 is 1.30 bits per heavy atom. The van der Waals surface area contributed by atoms with Gasteiger partial charge in [0.2, 0.25) is 5.91 Å². The third-order valence-electron chi connectivity index (χ3n) is 14.2. The lowest BCUT2D eigenvalue weighted by Crippen LogP contribution is -2.63. The van der Waals surface area contributed by atoms with Gasteiger partial charge in [-0.05, 0) is 95.0 Å². The van der Waals surface area contributed by atoms with Gasteiger partial charge in [-0.25, -0.2) is 41.8 Å². The van der Waals surface area contributed by atoms with Crippen LogP contribution in [0.3, 0.4) is 0 Å². The van der Waals surface area contributed by atoms with E-state index in [0.717, 1.165) is 39.3 Å². The van der Waals surface area contributed by atoms with Crippen molar-refractivity contribution in [3.63, 3.8) is 0 Å². The summed E-state index contributed by atoms with van der Waals surface area (Å²) in [6, 6.07) is 4.73. The molecule has 5 N–H and O–H groups in total. The van der Waals surface area contributed by atoms with E-state index in [2.05, 4.69) is 36.7 Å². The Balaban J connectivity index is 1.32. The molecule has 2 saturated heterocycles. The molecule has 2 bridgehead atoms. The lowest BCUT2D eigenvalue weighted by Gasteiger charge is -2.41. The quantitative estimate of drug-likeness (QED) is 0.0333. The van der Waals surface area contributed by atoms with Crippen molar-refractivity contribution >= 4 is 29.8 Å². The van der Waals surface area contributed by atoms with E-state index >= 15 is 8.78 Å². The number of aliphatic hydroxyl groups is 1. The van der Waals surface area contributed by atoms with Gasteiger partial charge in [0.1, 0.15) is 29.5 Å². The molecule has 2 unspecified atom stereocenters. The lowest BCUT2D eigenvalue weighted by molar-refractivity contribution is -0.221. The van der Waals surface area contributed by atoms with Gasteiger partial charge in [0, 0.05) is 72.9 Å². The number of fused-ring (bicyclic) bond motifs is 2. The molecule has 6 rings (SSSR count). The normalized spacial score (nSPS) is 17.5. The topological polar surface area (TPSA) is 196 Å². The van der Waals surface area contributed by atoms with E-state index < -0.39 is 121 Å². The number of pyridine rings is 1. The number of carbonyl (C=O) groups is 4. The van der Waals surface area contributed by atoms with Crippen LogP contribution < -0.4 is 26.3 Å². The minimum atomic E-state index is -5.25. The zero-order chi connectivity index (χ0) is 59.9. The number of hydrazine groups is 1. The van der Waals surface area contributed by atoms with Gasteiger partial charge in [-0.2, -0.15) is 40.2 Å². The first-order chi connectivity index (χ1) is 37.8. The van der Waals surface area contributed by atoms with Crippen molar-refractivity contribution in [2.75, 3.05) is 45.3 Å². The largest absolute Gasteiger partial charge is 0.453 e. The minimum Gasteiger partial charge on any atom is -0.453 e. The second-order valence-electron chi connectivity index (χ2n) is 20.4. The third-order valence-corrected chi connectivity index (χ3v) is 14.2. The monoisotopic (exact) mass is 1160 g/mol. The highest BCUT2D eigenvalue weighted by molar-refractivity contribution is 5.87. The average Bonchev–Trinajstić information content (AvgIpc) is 4.02. The van der Waals surface area contributed by atoms with Gasteiger partial charge in [0.25, 0.3) is 12.3 Å². The van der Waals surface area contributed by atoms with Crippen molar-refractivity contribution in [2.45, 2.75) is 115 Å². The predicted molar refractivity (Wildman–Crippen MR) is 266 cm³/mol. The minimum absolute atomic E-state index is 0.0306. The van der Waals surface area contributed by atoms with Crippen molar-refractivity contribution in [1.29, 1.82) is 0 Å². The van der Waals surface area contributed by atoms with Gasteiger partial charge in [0.05, 0.1) is 49.4 Å². The molecule has 2 aromatic heterocycles. The SMILES string of the molecule is COC(=O)N[C@H](C(=O)N[C@@H](Cc1ccc(C#Cc2ccc(N3CC4CCC(C3)N4CC(F)F)nc2)cc1)[C@@H](O)CN(Cc1c(F)cc(-c2ccn(C(F)F)n2)cc1F)NC(=O)[C@@H](NC(=O)OC)C(C)(C)C(F)(F)F)C(C)(C)C(F)(F)F. The van der Waals surface area contributed by atoms with E-state index in [-0.39, 0.29) is 40.1 Å². The van der Waals surface area contributed by atoms with E-state index in [0.29, 0.717) is 74.9 Å². The second kappa shape index (κ2) is 25.6. The average molecular weight is 1160 g/mol. The highest BCUT2D eigenvalue weighted by Crippen LogP contribution is 2.42. The molecule has 4 heterocycles. The van der Waals surface area contributed by atoms with Crippen LogP contribution in [0.1, 0.15) is 69.3 Å². The second-order valence-corrected chi connectivity index (χ2v) is 20.4. The van der Waals surface area contributed by atoms with Gasteiger partial charge < -0.3 is 35.4 Å². The number of aliphatic hydroxyl groups excluding tert-OH is 1. The van der Waals surface area contributed by atoms with Crippen LogP contribution in [0.4, 0.5) is 68.1 Å². The zero-order valence-corrected chi connectivity index (χ0v) is 44.2. The molecule has 2 fully saturated rings. The number of alkyl carbamates (subject to hydrolysis) is 2. The summed E-state index contributed by atoms with van der Waals surface area (Å²) in [5.41, 5.74) is -4.71. The first-order valence-corrected chi connectivity index (χ1v) is 24.9. The van der Waals surface area contributed by atoms with E-state index in [1.807, 2.05) is 20.5 Å². The number of rotatable bonds is 20. The molecule has 81 heavy (non-hydrogen) atoms. The Labute approximate surface area is 456 Å². The Morgan fingerprint density at radius 3 is 1.78 bits per heavy atom. The summed E-state index contributed by atoms with van der Waals surface area (Å²) in [5.74, 6) is 0.388. The van der Waals surface area contributed by atoms with Crippen molar-refractivity contribution < 1.29 is 86.4 Å². The number of piperazine rings is 1. The summed E-state index contributed by atoms with van der Waals surface area (Å²) in [6.45, 7) is -2.49. The molecule has 2 aromatic carbocycles. The van der Waals surface area contributed by atoms with Gasteiger partial charge in [-0.15, -0.1) is 0 Å². The fourth-order valence-electron chi connectivity index (χ4n) is 9.20. The number of hydrogen-bond acceptors (Lipinski definition) is 12. The number of ether oxygens (including phenoxy) is 2. The van der Waals surface area contributed by atoms with Crippen molar-refractivity contribution in [3.8, 4) is 23.1 Å². The number of halogens is 12. The number of carbonyl (C=O) groups excluding carboxylic acids is 4. The summed E-state index contributed by atoms with van der Waals surface area (Å²) in [6.07, 6.45) is -14.7. The number of nitrogens with one attached hydrogen (secondary N) is 4. The molecule has 6 atom stereocenters. The fraction of sp³-hybridized carbons (Fsp3) is 0.500. The summed E-state index contributed by atoms with van der Waals surface area (Å²) in [5, 5.41) is 22.0. The van der Waals surface area contributed by atoms with Gasteiger partial charge in [-0.3, -0.25) is 19.9 Å². The first-order valence-electron chi connectivity index (χ1n) is 24.9. The molecule has 0 spiro atoms. The number of aromatic nitrogens is 3. The standard InChI is InChI=1S/C52H58F12N10O7/c1-49(2,51(59,60)61)42(67-47(78)80-5)44(76)66-38(19-29-10-7-28(8-11-29)9-12-30-13-16-41(65-22-30)71-23-32-14-15-33(24-71)73(32)27-40(55)56)39(75)26-72(70-45(77)43(68-48(79)81-6)50(3,4)52(62,63)64)25-34-35(53)20-31(21-36(34)54)37-17-18-74(69-37)46(57)58/h7-8,10-11,13,16-18,20-22,32-33,38-40,42-43,46,75H,14-15,19,23-27H2,1-6H3,(H,66,76)(H,67,78)(H,68,79)(H,70,77)/t32?,33?,38-,39-,42+,43+/m0/s1. The van der Waals surface area contributed by atoms with Gasteiger partial charge in [0.15, 0.2) is 0 Å². The molecule has 29 heteroatoms. The number of amides is 4.